The maximum Gasteiger partial charge on any atom is 0.328 e. The zero-order chi connectivity index (χ0) is 19.9. The molecule has 4 atom stereocenters. The quantitative estimate of drug-likeness (QED) is 0.520. The first-order chi connectivity index (χ1) is 12.0. The van der Waals surface area contributed by atoms with E-state index in [1.807, 2.05) is 34.6 Å². The molecule has 0 aromatic rings. The van der Waals surface area contributed by atoms with Crippen molar-refractivity contribution in [1.82, 2.24) is 9.80 Å². The molecule has 0 saturated carbocycles. The summed E-state index contributed by atoms with van der Waals surface area (Å²) in [6, 6.07) is -1.06. The Morgan fingerprint density at radius 1 is 1.38 bits per heavy atom. The van der Waals surface area contributed by atoms with E-state index >= 15 is 0 Å². The second-order valence-electron chi connectivity index (χ2n) is 8.52. The highest BCUT2D eigenvalue weighted by atomic mass is 32.2. The molecule has 0 aromatic carbocycles. The van der Waals surface area contributed by atoms with Gasteiger partial charge in [-0.15, -0.1) is 11.8 Å². The lowest BCUT2D eigenvalue weighted by molar-refractivity contribution is -0.177. The maximum atomic E-state index is 13.0. The lowest BCUT2D eigenvalue weighted by Gasteiger charge is -2.55. The van der Waals surface area contributed by atoms with E-state index in [-0.39, 0.29) is 29.1 Å². The number of esters is 1. The summed E-state index contributed by atoms with van der Waals surface area (Å²) in [6.07, 6.45) is 2.37. The van der Waals surface area contributed by atoms with Crippen LogP contribution in [0.4, 0.5) is 0 Å². The van der Waals surface area contributed by atoms with Crippen molar-refractivity contribution in [2.24, 2.45) is 11.3 Å². The van der Waals surface area contributed by atoms with Gasteiger partial charge in [0.05, 0.1) is 13.0 Å². The van der Waals surface area contributed by atoms with Crippen molar-refractivity contribution < 1.29 is 19.1 Å². The number of unbranched alkanes of at least 4 members (excludes halogenated alkanes) is 1. The van der Waals surface area contributed by atoms with Crippen LogP contribution in [0.3, 0.4) is 0 Å². The van der Waals surface area contributed by atoms with Crippen LogP contribution in [0.15, 0.2) is 0 Å². The van der Waals surface area contributed by atoms with Gasteiger partial charge in [0.15, 0.2) is 0 Å². The minimum atomic E-state index is -0.573. The maximum absolute atomic E-state index is 13.0. The zero-order valence-corrected chi connectivity index (χ0v) is 17.8. The monoisotopic (exact) mass is 384 g/mol. The van der Waals surface area contributed by atoms with E-state index in [1.54, 1.807) is 21.6 Å². The van der Waals surface area contributed by atoms with Gasteiger partial charge in [-0.3, -0.25) is 9.59 Å². The van der Waals surface area contributed by atoms with Gasteiger partial charge in [0.2, 0.25) is 5.91 Å². The van der Waals surface area contributed by atoms with Crippen LogP contribution in [0.5, 0.6) is 0 Å². The number of hydrogen-bond donors (Lipinski definition) is 0. The minimum absolute atomic E-state index is 0.00917. The highest BCUT2D eigenvalue weighted by molar-refractivity contribution is 8.01. The molecular formula is C19H32N2O4S. The standard InChI is InChI=1S/C19H32N2O4S/c1-8-9-10-13(17(24)25-7)21-16(23)14-19(21,6)26-11-20(14)15(22)12(2)18(3,4)5/h12-14H,8-11H2,1-7H3/t12-,13+,14?,19+/m1/s1. The van der Waals surface area contributed by atoms with Crippen LogP contribution in [0.2, 0.25) is 0 Å². The van der Waals surface area contributed by atoms with Crippen LogP contribution in [-0.2, 0) is 19.1 Å². The molecule has 148 valence electrons. The Kier molecular flexibility index (Phi) is 6.00. The van der Waals surface area contributed by atoms with E-state index in [2.05, 4.69) is 6.92 Å². The van der Waals surface area contributed by atoms with Crippen molar-refractivity contribution >= 4 is 29.5 Å². The minimum Gasteiger partial charge on any atom is -0.467 e. The van der Waals surface area contributed by atoms with E-state index in [4.69, 9.17) is 4.74 Å². The zero-order valence-electron chi connectivity index (χ0n) is 17.0. The van der Waals surface area contributed by atoms with Crippen LogP contribution < -0.4 is 0 Å². The van der Waals surface area contributed by atoms with Gasteiger partial charge >= 0.3 is 5.97 Å². The van der Waals surface area contributed by atoms with E-state index in [1.165, 1.54) is 7.11 Å². The van der Waals surface area contributed by atoms with Crippen LogP contribution in [0, 0.1) is 11.3 Å². The number of rotatable bonds is 6. The molecule has 7 heteroatoms. The number of amides is 2. The fourth-order valence-electron chi connectivity index (χ4n) is 3.65. The fourth-order valence-corrected chi connectivity index (χ4v) is 5.07. The summed E-state index contributed by atoms with van der Waals surface area (Å²) in [7, 11) is 1.36. The fraction of sp³-hybridized carbons (Fsp3) is 0.842. The molecule has 2 amide bonds. The van der Waals surface area contributed by atoms with Crippen molar-refractivity contribution in [3.05, 3.63) is 0 Å². The summed E-state index contributed by atoms with van der Waals surface area (Å²) >= 11 is 1.56. The summed E-state index contributed by atoms with van der Waals surface area (Å²) in [5.74, 6) is -0.207. The van der Waals surface area contributed by atoms with E-state index < -0.39 is 17.0 Å². The van der Waals surface area contributed by atoms with Crippen LogP contribution >= 0.6 is 11.8 Å². The molecule has 0 aliphatic carbocycles. The molecule has 0 radical (unpaired) electrons. The van der Waals surface area contributed by atoms with Gasteiger partial charge in [0.25, 0.3) is 5.91 Å². The molecule has 2 fully saturated rings. The summed E-state index contributed by atoms with van der Waals surface area (Å²) in [4.78, 5) is 41.0. The van der Waals surface area contributed by atoms with E-state index in [9.17, 15) is 14.4 Å². The number of methoxy groups -OCH3 is 1. The van der Waals surface area contributed by atoms with Crippen molar-refractivity contribution in [1.29, 1.82) is 0 Å². The largest absolute Gasteiger partial charge is 0.467 e. The molecule has 0 aromatic heterocycles. The topological polar surface area (TPSA) is 66.9 Å². The molecule has 2 aliphatic rings. The predicted octanol–water partition coefficient (Wildman–Crippen LogP) is 2.86. The van der Waals surface area contributed by atoms with Gasteiger partial charge in [-0.1, -0.05) is 47.5 Å². The number of fused-ring (bicyclic) bond motifs is 1. The summed E-state index contributed by atoms with van der Waals surface area (Å²) in [6.45, 7) is 12.0. The number of nitrogens with zero attached hydrogens (tertiary/aromatic N) is 2. The normalized spacial score (nSPS) is 27.7. The molecule has 0 spiro atoms. The summed E-state index contributed by atoms with van der Waals surface area (Å²) in [5.41, 5.74) is -0.164. The highest BCUT2D eigenvalue weighted by Crippen LogP contribution is 2.52. The Morgan fingerprint density at radius 2 is 2.00 bits per heavy atom. The third-order valence-electron chi connectivity index (χ3n) is 5.83. The second-order valence-corrected chi connectivity index (χ2v) is 9.89. The Labute approximate surface area is 161 Å². The van der Waals surface area contributed by atoms with Gasteiger partial charge in [-0.25, -0.2) is 4.79 Å². The molecular weight excluding hydrogens is 352 g/mol. The number of β-lactam (4-membered cyclic amide) rings is 1. The second kappa shape index (κ2) is 7.41. The number of carbonyl (C=O) groups is 3. The van der Waals surface area contributed by atoms with Crippen molar-refractivity contribution in [3.63, 3.8) is 0 Å². The van der Waals surface area contributed by atoms with Gasteiger partial charge < -0.3 is 14.5 Å². The Hall–Kier alpha value is -1.24. The Morgan fingerprint density at radius 3 is 2.50 bits per heavy atom. The summed E-state index contributed by atoms with van der Waals surface area (Å²) in [5, 5.41) is 0. The van der Waals surface area contributed by atoms with Crippen molar-refractivity contribution in [2.75, 3.05) is 13.0 Å². The summed E-state index contributed by atoms with van der Waals surface area (Å²) < 4.78 is 4.94. The molecule has 2 aliphatic heterocycles. The predicted molar refractivity (Wildman–Crippen MR) is 102 cm³/mol. The molecule has 6 nitrogen and oxygen atoms in total. The average molecular weight is 385 g/mol. The van der Waals surface area contributed by atoms with Gasteiger partial charge in [-0.05, 0) is 18.8 Å². The number of thioether (sulfide) groups is 1. The van der Waals surface area contributed by atoms with Crippen LogP contribution in [0.1, 0.15) is 60.8 Å². The smallest absolute Gasteiger partial charge is 0.328 e. The highest BCUT2D eigenvalue weighted by Gasteiger charge is 2.67. The van der Waals surface area contributed by atoms with Gasteiger partial charge in [0, 0.05) is 5.92 Å². The number of hydrogen-bond acceptors (Lipinski definition) is 5. The molecule has 0 N–H and O–H groups in total. The lowest BCUT2D eigenvalue weighted by atomic mass is 9.80. The van der Waals surface area contributed by atoms with Gasteiger partial charge in [-0.2, -0.15) is 0 Å². The number of likely N-dealkylation sites (tertiary alicyclic amines) is 1. The van der Waals surface area contributed by atoms with Crippen LogP contribution in [0.25, 0.3) is 0 Å². The lowest BCUT2D eigenvalue weighted by Crippen LogP contribution is -2.76. The molecule has 0 bridgehead atoms. The molecule has 1 unspecified atom stereocenters. The molecule has 2 heterocycles. The number of ether oxygens (including phenoxy) is 1. The van der Waals surface area contributed by atoms with Crippen molar-refractivity contribution in [3.8, 4) is 0 Å². The SMILES string of the molecule is CCCC[C@@H](C(=O)OC)N1C(=O)C2N(C(=O)[C@@H](C)C(C)(C)C)CS[C@@]21C. The first-order valence-electron chi connectivity index (χ1n) is 9.36. The van der Waals surface area contributed by atoms with Gasteiger partial charge in [0.1, 0.15) is 17.0 Å². The Bertz CT molecular complexity index is 589. The van der Waals surface area contributed by atoms with Crippen molar-refractivity contribution in [2.45, 2.75) is 77.8 Å². The third kappa shape index (κ3) is 3.35. The Balaban J connectivity index is 2.22. The molecule has 2 saturated heterocycles. The first kappa shape index (κ1) is 21.1. The average Bonchev–Trinajstić information content (AvgIpc) is 2.88. The number of carbonyl (C=O) groups excluding carboxylic acids is 3. The molecule has 26 heavy (non-hydrogen) atoms. The van der Waals surface area contributed by atoms with E-state index in [0.717, 1.165) is 12.8 Å². The van der Waals surface area contributed by atoms with Crippen LogP contribution in [-0.4, -0.2) is 57.5 Å². The molecule has 2 rings (SSSR count). The first-order valence-corrected chi connectivity index (χ1v) is 10.3. The third-order valence-corrected chi connectivity index (χ3v) is 7.24. The van der Waals surface area contributed by atoms with E-state index in [0.29, 0.717) is 12.3 Å².